The van der Waals surface area contributed by atoms with Crippen LogP contribution in [-0.2, 0) is 25.6 Å². The summed E-state index contributed by atoms with van der Waals surface area (Å²) in [5, 5.41) is 25.2. The normalized spacial score (nSPS) is 14.8. The second kappa shape index (κ2) is 12.0. The van der Waals surface area contributed by atoms with Gasteiger partial charge in [0.05, 0.1) is 6.10 Å². The van der Waals surface area contributed by atoms with Crippen molar-refractivity contribution in [2.24, 2.45) is 5.73 Å². The molecule has 160 valence electrons. The molecule has 3 amide bonds. The Labute approximate surface area is 173 Å². The number of nitrogens with two attached hydrogens (primary N) is 1. The first-order chi connectivity index (χ1) is 13.6. The fourth-order valence-electron chi connectivity index (χ4n) is 2.30. The molecule has 0 aliphatic carbocycles. The van der Waals surface area contributed by atoms with E-state index in [0.29, 0.717) is 0 Å². The van der Waals surface area contributed by atoms with Crippen LogP contribution in [0.5, 0.6) is 0 Å². The van der Waals surface area contributed by atoms with Gasteiger partial charge >= 0.3 is 5.97 Å². The SMILES string of the molecule is CC(O)C(N)C(=O)NC(CS)C(=O)NC(Cc1ccccc1)C(=O)NCC(=O)O. The molecule has 7 N–H and O–H groups in total. The fraction of sp³-hybridized carbons (Fsp3) is 0.444. The quantitative estimate of drug-likeness (QED) is 0.201. The summed E-state index contributed by atoms with van der Waals surface area (Å²) >= 11 is 4.03. The molecule has 1 aromatic carbocycles. The second-order valence-corrected chi connectivity index (χ2v) is 6.74. The summed E-state index contributed by atoms with van der Waals surface area (Å²) in [6.07, 6.45) is -1.01. The number of rotatable bonds is 11. The van der Waals surface area contributed by atoms with Gasteiger partial charge in [-0.25, -0.2) is 0 Å². The number of thiol groups is 1. The predicted molar refractivity (Wildman–Crippen MR) is 108 cm³/mol. The van der Waals surface area contributed by atoms with Crippen LogP contribution in [0, 0.1) is 0 Å². The minimum atomic E-state index is -1.23. The van der Waals surface area contributed by atoms with Crippen molar-refractivity contribution in [2.45, 2.75) is 37.6 Å². The number of hydrogen-bond acceptors (Lipinski definition) is 7. The van der Waals surface area contributed by atoms with E-state index in [1.54, 1.807) is 30.3 Å². The van der Waals surface area contributed by atoms with Crippen LogP contribution in [0.4, 0.5) is 0 Å². The Kier molecular flexibility index (Phi) is 10.1. The predicted octanol–water partition coefficient (Wildman–Crippen LogP) is -1.96. The summed E-state index contributed by atoms with van der Waals surface area (Å²) in [5.74, 6) is -3.44. The fourth-order valence-corrected chi connectivity index (χ4v) is 2.56. The van der Waals surface area contributed by atoms with Crippen molar-refractivity contribution in [3.05, 3.63) is 35.9 Å². The first-order valence-electron chi connectivity index (χ1n) is 8.84. The first-order valence-corrected chi connectivity index (χ1v) is 9.47. The molecular formula is C18H26N4O6S. The molecule has 0 saturated carbocycles. The van der Waals surface area contributed by atoms with E-state index in [1.165, 1.54) is 6.92 Å². The highest BCUT2D eigenvalue weighted by Crippen LogP contribution is 2.05. The van der Waals surface area contributed by atoms with E-state index in [0.717, 1.165) is 5.56 Å². The maximum atomic E-state index is 12.6. The largest absolute Gasteiger partial charge is 0.480 e. The lowest BCUT2D eigenvalue weighted by atomic mass is 10.0. The number of carboxylic acid groups (broad SMARTS) is 1. The average molecular weight is 426 g/mol. The number of aliphatic carboxylic acids is 1. The number of hydrogen-bond donors (Lipinski definition) is 7. The molecule has 1 aromatic rings. The zero-order valence-corrected chi connectivity index (χ0v) is 16.8. The number of benzene rings is 1. The van der Waals surface area contributed by atoms with Crippen LogP contribution in [0.1, 0.15) is 12.5 Å². The highest BCUT2D eigenvalue weighted by Gasteiger charge is 2.28. The molecular weight excluding hydrogens is 400 g/mol. The molecule has 0 aliphatic heterocycles. The van der Waals surface area contributed by atoms with Crippen LogP contribution < -0.4 is 21.7 Å². The van der Waals surface area contributed by atoms with E-state index < -0.39 is 54.5 Å². The lowest BCUT2D eigenvalue weighted by Crippen LogP contribution is -2.58. The minimum Gasteiger partial charge on any atom is -0.480 e. The molecule has 4 unspecified atom stereocenters. The molecule has 29 heavy (non-hydrogen) atoms. The van der Waals surface area contributed by atoms with Gasteiger partial charge in [0, 0.05) is 12.2 Å². The minimum absolute atomic E-state index is 0.0844. The van der Waals surface area contributed by atoms with Crippen LogP contribution in [0.25, 0.3) is 0 Å². The molecule has 1 rings (SSSR count). The maximum Gasteiger partial charge on any atom is 0.322 e. The number of amides is 3. The van der Waals surface area contributed by atoms with Crippen LogP contribution in [0.3, 0.4) is 0 Å². The first kappa shape index (κ1) is 24.4. The molecule has 10 nitrogen and oxygen atoms in total. The zero-order chi connectivity index (χ0) is 22.0. The molecule has 0 aliphatic rings. The van der Waals surface area contributed by atoms with Crippen molar-refractivity contribution in [1.82, 2.24) is 16.0 Å². The topological polar surface area (TPSA) is 171 Å². The number of aliphatic hydroxyl groups is 1. The number of nitrogens with one attached hydrogen (secondary N) is 3. The zero-order valence-electron chi connectivity index (χ0n) is 15.9. The third kappa shape index (κ3) is 8.50. The van der Waals surface area contributed by atoms with E-state index in [4.69, 9.17) is 10.8 Å². The van der Waals surface area contributed by atoms with Gasteiger partial charge < -0.3 is 31.9 Å². The monoisotopic (exact) mass is 426 g/mol. The van der Waals surface area contributed by atoms with Gasteiger partial charge in [0.1, 0.15) is 24.7 Å². The Morgan fingerprint density at radius 1 is 1.03 bits per heavy atom. The summed E-state index contributed by atoms with van der Waals surface area (Å²) in [6, 6.07) is 5.40. The summed E-state index contributed by atoms with van der Waals surface area (Å²) in [7, 11) is 0. The molecule has 11 heteroatoms. The summed E-state index contributed by atoms with van der Waals surface area (Å²) in [4.78, 5) is 47.6. The second-order valence-electron chi connectivity index (χ2n) is 6.37. The molecule has 0 spiro atoms. The Bertz CT molecular complexity index is 716. The summed E-state index contributed by atoms with van der Waals surface area (Å²) in [5.41, 5.74) is 6.29. The van der Waals surface area contributed by atoms with Crippen molar-refractivity contribution in [3.8, 4) is 0 Å². The van der Waals surface area contributed by atoms with E-state index in [2.05, 4.69) is 28.6 Å². The number of carboxylic acids is 1. The van der Waals surface area contributed by atoms with Crippen molar-refractivity contribution in [1.29, 1.82) is 0 Å². The van der Waals surface area contributed by atoms with Crippen LogP contribution in [0.2, 0.25) is 0 Å². The van der Waals surface area contributed by atoms with Crippen molar-refractivity contribution in [3.63, 3.8) is 0 Å². The van der Waals surface area contributed by atoms with Gasteiger partial charge in [0.2, 0.25) is 17.7 Å². The molecule has 4 atom stereocenters. The van der Waals surface area contributed by atoms with Gasteiger partial charge in [-0.15, -0.1) is 0 Å². The van der Waals surface area contributed by atoms with Crippen LogP contribution in [0.15, 0.2) is 30.3 Å². The number of carbonyl (C=O) groups excluding carboxylic acids is 3. The van der Waals surface area contributed by atoms with Gasteiger partial charge in [-0.3, -0.25) is 19.2 Å². The van der Waals surface area contributed by atoms with Crippen molar-refractivity contribution < 1.29 is 29.4 Å². The lowest BCUT2D eigenvalue weighted by molar-refractivity contribution is -0.138. The molecule has 0 fully saturated rings. The van der Waals surface area contributed by atoms with Crippen LogP contribution >= 0.6 is 12.6 Å². The van der Waals surface area contributed by atoms with E-state index in [1.807, 2.05) is 0 Å². The van der Waals surface area contributed by atoms with Gasteiger partial charge in [-0.05, 0) is 12.5 Å². The number of carbonyl (C=O) groups is 4. The Balaban J connectivity index is 2.88. The van der Waals surface area contributed by atoms with Crippen molar-refractivity contribution in [2.75, 3.05) is 12.3 Å². The standard InChI is InChI=1S/C18H26N4O6S/c1-10(23)15(19)18(28)22-13(9-29)17(27)21-12(16(26)20-8-14(24)25)7-11-5-3-2-4-6-11/h2-6,10,12-13,15,23,29H,7-9,19H2,1H3,(H,20,26)(H,21,27)(H,22,28)(H,24,25). The molecule has 0 saturated heterocycles. The molecule has 0 radical (unpaired) electrons. The van der Waals surface area contributed by atoms with Gasteiger partial charge in [0.15, 0.2) is 0 Å². The van der Waals surface area contributed by atoms with Gasteiger partial charge in [-0.2, -0.15) is 12.6 Å². The van der Waals surface area contributed by atoms with Crippen LogP contribution in [-0.4, -0.2) is 70.4 Å². The molecule has 0 heterocycles. The Morgan fingerprint density at radius 3 is 2.14 bits per heavy atom. The molecule has 0 bridgehead atoms. The number of aliphatic hydroxyl groups excluding tert-OH is 1. The molecule has 0 aromatic heterocycles. The van der Waals surface area contributed by atoms with Gasteiger partial charge in [-0.1, -0.05) is 30.3 Å². The van der Waals surface area contributed by atoms with Crippen molar-refractivity contribution >= 4 is 36.3 Å². The van der Waals surface area contributed by atoms with E-state index in [9.17, 15) is 24.3 Å². The Morgan fingerprint density at radius 2 is 1.62 bits per heavy atom. The van der Waals surface area contributed by atoms with Gasteiger partial charge in [0.25, 0.3) is 0 Å². The third-order valence-electron chi connectivity index (χ3n) is 3.97. The van der Waals surface area contributed by atoms with E-state index >= 15 is 0 Å². The smallest absolute Gasteiger partial charge is 0.322 e. The highest BCUT2D eigenvalue weighted by molar-refractivity contribution is 7.80. The maximum absolute atomic E-state index is 12.6. The Hall–Kier alpha value is -2.63. The average Bonchev–Trinajstić information content (AvgIpc) is 2.69. The third-order valence-corrected chi connectivity index (χ3v) is 4.33. The highest BCUT2D eigenvalue weighted by atomic mass is 32.1. The van der Waals surface area contributed by atoms with E-state index in [-0.39, 0.29) is 12.2 Å². The summed E-state index contributed by atoms with van der Waals surface area (Å²) in [6.45, 7) is 0.735. The summed E-state index contributed by atoms with van der Waals surface area (Å²) < 4.78 is 0. The lowest BCUT2D eigenvalue weighted by Gasteiger charge is -2.23.